The Morgan fingerprint density at radius 3 is 1.32 bits per heavy atom. The van der Waals surface area contributed by atoms with Gasteiger partial charge in [0.2, 0.25) is 0 Å². The van der Waals surface area contributed by atoms with Gasteiger partial charge in [0, 0.05) is 5.41 Å². The van der Waals surface area contributed by atoms with E-state index >= 15 is 0 Å². The Labute approximate surface area is 138 Å². The van der Waals surface area contributed by atoms with E-state index in [4.69, 9.17) is 0 Å². The summed E-state index contributed by atoms with van der Waals surface area (Å²) in [6.45, 7) is 0. The molecular formula is C21H38O. The van der Waals surface area contributed by atoms with E-state index < -0.39 is 0 Å². The molecule has 128 valence electrons. The molecule has 2 rings (SSSR count). The van der Waals surface area contributed by atoms with Crippen LogP contribution in [0.2, 0.25) is 0 Å². The van der Waals surface area contributed by atoms with Crippen molar-refractivity contribution in [2.75, 3.05) is 0 Å². The van der Waals surface area contributed by atoms with Crippen LogP contribution in [0.1, 0.15) is 116 Å². The highest BCUT2D eigenvalue weighted by atomic mass is 16.1. The third-order valence-corrected chi connectivity index (χ3v) is 6.44. The van der Waals surface area contributed by atoms with Crippen molar-refractivity contribution < 1.29 is 4.79 Å². The molecule has 22 heavy (non-hydrogen) atoms. The third-order valence-electron chi connectivity index (χ3n) is 6.44. The van der Waals surface area contributed by atoms with Gasteiger partial charge in [-0.3, -0.25) is 0 Å². The van der Waals surface area contributed by atoms with Crippen LogP contribution in [-0.2, 0) is 4.79 Å². The molecule has 0 atom stereocenters. The van der Waals surface area contributed by atoms with E-state index in [9.17, 15) is 4.79 Å². The van der Waals surface area contributed by atoms with E-state index in [-0.39, 0.29) is 5.41 Å². The fourth-order valence-electron chi connectivity index (χ4n) is 4.92. The Morgan fingerprint density at radius 2 is 0.909 bits per heavy atom. The van der Waals surface area contributed by atoms with Crippen LogP contribution in [0.4, 0.5) is 0 Å². The zero-order valence-electron chi connectivity index (χ0n) is 14.8. The second kappa shape index (κ2) is 10.4. The fourth-order valence-corrected chi connectivity index (χ4v) is 4.92. The summed E-state index contributed by atoms with van der Waals surface area (Å²) >= 11 is 0. The molecule has 1 heteroatoms. The van der Waals surface area contributed by atoms with E-state index in [1.807, 2.05) is 0 Å². The number of hydrogen-bond donors (Lipinski definition) is 0. The third kappa shape index (κ3) is 5.70. The van der Waals surface area contributed by atoms with Gasteiger partial charge in [-0.15, -0.1) is 0 Å². The topological polar surface area (TPSA) is 17.1 Å². The lowest BCUT2D eigenvalue weighted by Crippen LogP contribution is -2.33. The SMILES string of the molecule is O=CC1(C2CCCCCCCCC2)CCCCCCCCC1. The Balaban J connectivity index is 2.02. The molecule has 0 spiro atoms. The van der Waals surface area contributed by atoms with Crippen LogP contribution >= 0.6 is 0 Å². The van der Waals surface area contributed by atoms with Gasteiger partial charge in [0.1, 0.15) is 6.29 Å². The van der Waals surface area contributed by atoms with Crippen molar-refractivity contribution in [2.45, 2.75) is 116 Å². The molecule has 0 aromatic rings. The lowest BCUT2D eigenvalue weighted by Gasteiger charge is -2.38. The second-order valence-electron chi connectivity index (χ2n) is 8.08. The molecule has 0 radical (unpaired) electrons. The van der Waals surface area contributed by atoms with Crippen molar-refractivity contribution in [2.24, 2.45) is 11.3 Å². The Morgan fingerprint density at radius 1 is 0.545 bits per heavy atom. The average molecular weight is 307 g/mol. The first kappa shape index (κ1) is 18.0. The molecule has 2 aliphatic carbocycles. The molecule has 0 bridgehead atoms. The number of hydrogen-bond acceptors (Lipinski definition) is 1. The lowest BCUT2D eigenvalue weighted by molar-refractivity contribution is -0.121. The van der Waals surface area contributed by atoms with Crippen LogP contribution in [0.5, 0.6) is 0 Å². The summed E-state index contributed by atoms with van der Waals surface area (Å²) in [4.78, 5) is 12.2. The van der Waals surface area contributed by atoms with Gasteiger partial charge in [0.25, 0.3) is 0 Å². The van der Waals surface area contributed by atoms with Crippen molar-refractivity contribution in [1.29, 1.82) is 0 Å². The zero-order chi connectivity index (χ0) is 15.5. The Hall–Kier alpha value is -0.330. The van der Waals surface area contributed by atoms with Gasteiger partial charge in [0.05, 0.1) is 0 Å². The molecule has 2 aliphatic rings. The minimum absolute atomic E-state index is 0.0382. The lowest BCUT2D eigenvalue weighted by atomic mass is 9.65. The number of aldehydes is 1. The predicted octanol–water partition coefficient (Wildman–Crippen LogP) is 6.84. The highest BCUT2D eigenvalue weighted by molar-refractivity contribution is 5.60. The second-order valence-corrected chi connectivity index (χ2v) is 8.08. The van der Waals surface area contributed by atoms with Crippen molar-refractivity contribution in [3.8, 4) is 0 Å². The zero-order valence-corrected chi connectivity index (χ0v) is 14.8. The van der Waals surface area contributed by atoms with Crippen LogP contribution in [0.25, 0.3) is 0 Å². The van der Waals surface area contributed by atoms with Crippen molar-refractivity contribution in [1.82, 2.24) is 0 Å². The number of rotatable bonds is 2. The summed E-state index contributed by atoms with van der Waals surface area (Å²) in [5, 5.41) is 0. The normalized spacial score (nSPS) is 26.9. The monoisotopic (exact) mass is 306 g/mol. The van der Waals surface area contributed by atoms with Crippen LogP contribution in [-0.4, -0.2) is 6.29 Å². The molecular weight excluding hydrogens is 268 g/mol. The molecule has 0 heterocycles. The van der Waals surface area contributed by atoms with Crippen molar-refractivity contribution in [3.05, 3.63) is 0 Å². The summed E-state index contributed by atoms with van der Waals surface area (Å²) in [5.41, 5.74) is 0.0382. The quantitative estimate of drug-likeness (QED) is 0.510. The van der Waals surface area contributed by atoms with Crippen molar-refractivity contribution >= 4 is 6.29 Å². The van der Waals surface area contributed by atoms with Crippen LogP contribution in [0.3, 0.4) is 0 Å². The number of carbonyl (C=O) groups excluding carboxylic acids is 1. The molecule has 2 saturated carbocycles. The molecule has 0 aliphatic heterocycles. The largest absolute Gasteiger partial charge is 0.303 e. The smallest absolute Gasteiger partial charge is 0.126 e. The van der Waals surface area contributed by atoms with Gasteiger partial charge in [0.15, 0.2) is 0 Å². The molecule has 0 aromatic carbocycles. The van der Waals surface area contributed by atoms with Crippen LogP contribution in [0.15, 0.2) is 0 Å². The minimum Gasteiger partial charge on any atom is -0.303 e. The minimum atomic E-state index is 0.0382. The Kier molecular flexibility index (Phi) is 8.55. The summed E-state index contributed by atoms with van der Waals surface area (Å²) in [5.74, 6) is 0.683. The van der Waals surface area contributed by atoms with Crippen molar-refractivity contribution in [3.63, 3.8) is 0 Å². The van der Waals surface area contributed by atoms with E-state index in [1.165, 1.54) is 122 Å². The highest BCUT2D eigenvalue weighted by Gasteiger charge is 2.37. The standard InChI is InChI=1S/C21H38O/c22-19-21(17-13-9-5-2-6-10-14-18-21)20-15-11-7-3-1-4-8-12-16-20/h19-20H,1-18H2. The first-order valence-electron chi connectivity index (χ1n) is 10.3. The van der Waals surface area contributed by atoms with Gasteiger partial charge in [-0.1, -0.05) is 89.9 Å². The highest BCUT2D eigenvalue weighted by Crippen LogP contribution is 2.43. The van der Waals surface area contributed by atoms with E-state index in [0.29, 0.717) is 5.92 Å². The maximum atomic E-state index is 12.2. The summed E-state index contributed by atoms with van der Waals surface area (Å²) in [7, 11) is 0. The maximum absolute atomic E-state index is 12.2. The van der Waals surface area contributed by atoms with E-state index in [1.54, 1.807) is 0 Å². The van der Waals surface area contributed by atoms with Gasteiger partial charge in [-0.05, 0) is 31.6 Å². The van der Waals surface area contributed by atoms with Gasteiger partial charge >= 0.3 is 0 Å². The summed E-state index contributed by atoms with van der Waals surface area (Å²) in [6.07, 6.45) is 25.7. The summed E-state index contributed by atoms with van der Waals surface area (Å²) < 4.78 is 0. The molecule has 0 amide bonds. The van der Waals surface area contributed by atoms with E-state index in [2.05, 4.69) is 0 Å². The van der Waals surface area contributed by atoms with Crippen LogP contribution < -0.4 is 0 Å². The molecule has 0 unspecified atom stereocenters. The Bertz CT molecular complexity index is 276. The summed E-state index contributed by atoms with van der Waals surface area (Å²) in [6, 6.07) is 0. The first-order chi connectivity index (χ1) is 10.9. The first-order valence-corrected chi connectivity index (χ1v) is 10.3. The molecule has 2 fully saturated rings. The average Bonchev–Trinajstić information content (AvgIpc) is 2.57. The maximum Gasteiger partial charge on any atom is 0.126 e. The van der Waals surface area contributed by atoms with Crippen LogP contribution in [0, 0.1) is 11.3 Å². The molecule has 0 N–H and O–H groups in total. The fraction of sp³-hybridized carbons (Fsp3) is 0.952. The number of carbonyl (C=O) groups is 1. The predicted molar refractivity (Wildman–Crippen MR) is 95.1 cm³/mol. The van der Waals surface area contributed by atoms with Gasteiger partial charge in [-0.25, -0.2) is 0 Å². The molecule has 0 aromatic heterocycles. The molecule has 0 saturated heterocycles. The van der Waals surface area contributed by atoms with E-state index in [0.717, 1.165) is 0 Å². The molecule has 1 nitrogen and oxygen atoms in total. The van der Waals surface area contributed by atoms with Gasteiger partial charge < -0.3 is 4.79 Å². The van der Waals surface area contributed by atoms with Gasteiger partial charge in [-0.2, -0.15) is 0 Å².